The molecular weight excluding hydrogens is 260 g/mol. The number of nitrogens with one attached hydrogen (secondary N) is 2. The minimum absolute atomic E-state index is 0.0283. The van der Waals surface area contributed by atoms with E-state index in [1.165, 1.54) is 0 Å². The van der Waals surface area contributed by atoms with E-state index in [-0.39, 0.29) is 12.1 Å². The van der Waals surface area contributed by atoms with Gasteiger partial charge in [0.05, 0.1) is 4.90 Å². The summed E-state index contributed by atoms with van der Waals surface area (Å²) in [5.41, 5.74) is 1.87. The van der Waals surface area contributed by atoms with Crippen molar-refractivity contribution in [3.05, 3.63) is 29.3 Å². The smallest absolute Gasteiger partial charge is 0.241 e. The Balaban J connectivity index is 2.22. The van der Waals surface area contributed by atoms with Crippen LogP contribution < -0.4 is 10.0 Å². The van der Waals surface area contributed by atoms with Crippen molar-refractivity contribution in [1.29, 1.82) is 0 Å². The summed E-state index contributed by atoms with van der Waals surface area (Å²) < 4.78 is 27.7. The fraction of sp³-hybridized carbons (Fsp3) is 0.571. The number of hydrogen-bond acceptors (Lipinski definition) is 3. The number of piperidine rings is 1. The van der Waals surface area contributed by atoms with Gasteiger partial charge in [-0.3, -0.25) is 0 Å². The van der Waals surface area contributed by atoms with Crippen LogP contribution >= 0.6 is 0 Å². The molecule has 1 aliphatic heterocycles. The summed E-state index contributed by atoms with van der Waals surface area (Å²) in [7, 11) is -3.43. The summed E-state index contributed by atoms with van der Waals surface area (Å²) in [6.45, 7) is 6.78. The van der Waals surface area contributed by atoms with Crippen LogP contribution in [-0.2, 0) is 10.0 Å². The molecule has 1 aromatic rings. The van der Waals surface area contributed by atoms with E-state index >= 15 is 0 Å². The van der Waals surface area contributed by atoms with Crippen molar-refractivity contribution >= 4 is 10.0 Å². The van der Waals surface area contributed by atoms with Crippen molar-refractivity contribution in [3.8, 4) is 0 Å². The van der Waals surface area contributed by atoms with Crippen LogP contribution in [0.3, 0.4) is 0 Å². The first-order valence-corrected chi connectivity index (χ1v) is 8.21. The predicted octanol–water partition coefficient (Wildman–Crippen LogP) is 1.72. The molecule has 0 spiro atoms. The summed E-state index contributed by atoms with van der Waals surface area (Å²) in [6, 6.07) is 5.57. The Kier molecular flexibility index (Phi) is 4.28. The third-order valence-electron chi connectivity index (χ3n) is 3.69. The number of hydrogen-bond donors (Lipinski definition) is 2. The second kappa shape index (κ2) is 5.61. The van der Waals surface area contributed by atoms with E-state index in [0.29, 0.717) is 4.90 Å². The normalized spacial score (nSPS) is 24.4. The highest BCUT2D eigenvalue weighted by Crippen LogP contribution is 2.18. The lowest BCUT2D eigenvalue weighted by molar-refractivity contribution is 0.348. The molecule has 5 heteroatoms. The van der Waals surface area contributed by atoms with E-state index in [2.05, 4.69) is 10.0 Å². The average Bonchev–Trinajstić information content (AvgIpc) is 2.31. The highest BCUT2D eigenvalue weighted by Gasteiger charge is 2.27. The monoisotopic (exact) mass is 282 g/mol. The Hall–Kier alpha value is -0.910. The molecule has 4 nitrogen and oxygen atoms in total. The number of sulfonamides is 1. The van der Waals surface area contributed by atoms with Gasteiger partial charge in [-0.05, 0) is 51.8 Å². The van der Waals surface area contributed by atoms with Crippen molar-refractivity contribution in [2.45, 2.75) is 50.6 Å². The molecule has 1 saturated heterocycles. The third kappa shape index (κ3) is 3.35. The Bertz CT molecular complexity index is 555. The molecule has 106 valence electrons. The van der Waals surface area contributed by atoms with E-state index in [1.54, 1.807) is 6.07 Å². The van der Waals surface area contributed by atoms with Gasteiger partial charge >= 0.3 is 0 Å². The Labute approximate surface area is 115 Å². The number of aryl methyl sites for hydroxylation is 2. The van der Waals surface area contributed by atoms with Crippen LogP contribution in [0.1, 0.15) is 30.9 Å². The van der Waals surface area contributed by atoms with Crippen molar-refractivity contribution < 1.29 is 8.42 Å². The Morgan fingerprint density at radius 3 is 2.68 bits per heavy atom. The van der Waals surface area contributed by atoms with Gasteiger partial charge in [-0.1, -0.05) is 17.7 Å². The molecule has 0 aromatic heterocycles. The fourth-order valence-corrected chi connectivity index (χ4v) is 4.15. The van der Waals surface area contributed by atoms with Crippen LogP contribution in [0.4, 0.5) is 0 Å². The van der Waals surface area contributed by atoms with Gasteiger partial charge in [-0.15, -0.1) is 0 Å². The zero-order valence-electron chi connectivity index (χ0n) is 11.7. The van der Waals surface area contributed by atoms with Gasteiger partial charge in [0.2, 0.25) is 10.0 Å². The summed E-state index contributed by atoms with van der Waals surface area (Å²) in [5.74, 6) is 0. The Morgan fingerprint density at radius 2 is 2.05 bits per heavy atom. The molecule has 0 aliphatic carbocycles. The average molecular weight is 282 g/mol. The molecule has 0 saturated carbocycles. The summed E-state index contributed by atoms with van der Waals surface area (Å²) in [4.78, 5) is 0.385. The molecular formula is C14H22N2O2S. The van der Waals surface area contributed by atoms with E-state index in [0.717, 1.165) is 30.5 Å². The van der Waals surface area contributed by atoms with Crippen molar-refractivity contribution in [1.82, 2.24) is 10.0 Å². The molecule has 2 atom stereocenters. The standard InChI is InChI=1S/C14H22N2O2S/c1-10-6-7-14(11(2)9-10)19(17,18)16-13-5-4-8-15-12(13)3/h6-7,9,12-13,15-16H,4-5,8H2,1-3H3/t12-,13-/m1/s1. The van der Waals surface area contributed by atoms with Crippen LogP contribution in [0.2, 0.25) is 0 Å². The van der Waals surface area contributed by atoms with Crippen LogP contribution in [0.5, 0.6) is 0 Å². The van der Waals surface area contributed by atoms with Crippen LogP contribution in [0.25, 0.3) is 0 Å². The van der Waals surface area contributed by atoms with E-state index in [9.17, 15) is 8.42 Å². The second-order valence-electron chi connectivity index (χ2n) is 5.38. The topological polar surface area (TPSA) is 58.2 Å². The highest BCUT2D eigenvalue weighted by atomic mass is 32.2. The second-order valence-corrected chi connectivity index (χ2v) is 7.06. The molecule has 0 bridgehead atoms. The minimum Gasteiger partial charge on any atom is -0.313 e. The molecule has 1 fully saturated rings. The predicted molar refractivity (Wildman–Crippen MR) is 76.7 cm³/mol. The zero-order valence-corrected chi connectivity index (χ0v) is 12.5. The molecule has 2 rings (SSSR count). The highest BCUT2D eigenvalue weighted by molar-refractivity contribution is 7.89. The van der Waals surface area contributed by atoms with Crippen molar-refractivity contribution in [2.75, 3.05) is 6.54 Å². The summed E-state index contributed by atoms with van der Waals surface area (Å²) in [6.07, 6.45) is 1.89. The van der Waals surface area contributed by atoms with Gasteiger partial charge in [-0.25, -0.2) is 13.1 Å². The first-order chi connectivity index (χ1) is 8.90. The van der Waals surface area contributed by atoms with Gasteiger partial charge in [0, 0.05) is 12.1 Å². The molecule has 1 heterocycles. The van der Waals surface area contributed by atoms with E-state index in [4.69, 9.17) is 0 Å². The first kappa shape index (κ1) is 14.5. The molecule has 0 amide bonds. The van der Waals surface area contributed by atoms with Crippen LogP contribution in [0.15, 0.2) is 23.1 Å². The van der Waals surface area contributed by atoms with Crippen molar-refractivity contribution in [2.24, 2.45) is 0 Å². The quantitative estimate of drug-likeness (QED) is 0.887. The van der Waals surface area contributed by atoms with Gasteiger partial charge in [0.1, 0.15) is 0 Å². The molecule has 2 N–H and O–H groups in total. The van der Waals surface area contributed by atoms with E-state index in [1.807, 2.05) is 32.9 Å². The van der Waals surface area contributed by atoms with Crippen LogP contribution in [0, 0.1) is 13.8 Å². The van der Waals surface area contributed by atoms with E-state index < -0.39 is 10.0 Å². The van der Waals surface area contributed by atoms with Crippen LogP contribution in [-0.4, -0.2) is 27.0 Å². The lowest BCUT2D eigenvalue weighted by Gasteiger charge is -2.30. The first-order valence-electron chi connectivity index (χ1n) is 6.73. The number of rotatable bonds is 3. The molecule has 1 aromatic carbocycles. The minimum atomic E-state index is -3.43. The van der Waals surface area contributed by atoms with Gasteiger partial charge in [-0.2, -0.15) is 0 Å². The lowest BCUT2D eigenvalue weighted by Crippen LogP contribution is -2.51. The molecule has 19 heavy (non-hydrogen) atoms. The van der Waals surface area contributed by atoms with Crippen molar-refractivity contribution in [3.63, 3.8) is 0 Å². The molecule has 0 unspecified atom stereocenters. The maximum atomic E-state index is 12.4. The largest absolute Gasteiger partial charge is 0.313 e. The summed E-state index contributed by atoms with van der Waals surface area (Å²) >= 11 is 0. The zero-order chi connectivity index (χ0) is 14.0. The lowest BCUT2D eigenvalue weighted by atomic mass is 10.0. The van der Waals surface area contributed by atoms with Gasteiger partial charge < -0.3 is 5.32 Å². The maximum absolute atomic E-state index is 12.4. The molecule has 1 aliphatic rings. The van der Waals surface area contributed by atoms with Gasteiger partial charge in [0.25, 0.3) is 0 Å². The maximum Gasteiger partial charge on any atom is 0.241 e. The number of benzene rings is 1. The fourth-order valence-electron chi connectivity index (χ4n) is 2.57. The van der Waals surface area contributed by atoms with Gasteiger partial charge in [0.15, 0.2) is 0 Å². The summed E-state index contributed by atoms with van der Waals surface area (Å²) in [5, 5.41) is 3.30. The SMILES string of the molecule is Cc1ccc(S(=O)(=O)N[C@@H]2CCCN[C@@H]2C)c(C)c1. The Morgan fingerprint density at radius 1 is 1.32 bits per heavy atom. The third-order valence-corrected chi connectivity index (χ3v) is 5.34. The molecule has 0 radical (unpaired) electrons.